The topological polar surface area (TPSA) is 49.6 Å². The van der Waals surface area contributed by atoms with Crippen molar-refractivity contribution in [3.05, 3.63) is 39.9 Å². The maximum Gasteiger partial charge on any atom is 0.276 e. The van der Waals surface area contributed by atoms with E-state index in [4.69, 9.17) is 4.52 Å². The number of carbonyl (C=O) groups is 1. The van der Waals surface area contributed by atoms with Gasteiger partial charge in [-0.2, -0.15) is 0 Å². The summed E-state index contributed by atoms with van der Waals surface area (Å²) in [6, 6.07) is 6.11. The minimum atomic E-state index is 0.0126. The second-order valence-electron chi connectivity index (χ2n) is 6.39. The predicted molar refractivity (Wildman–Crippen MR) is 88.6 cm³/mol. The molecule has 1 aliphatic carbocycles. The first-order valence-electron chi connectivity index (χ1n) is 8.30. The zero-order valence-electron chi connectivity index (χ0n) is 13.1. The fourth-order valence-corrected chi connectivity index (χ4v) is 3.81. The summed E-state index contributed by atoms with van der Waals surface area (Å²) in [7, 11) is 0. The molecule has 0 bridgehead atoms. The van der Waals surface area contributed by atoms with Crippen LogP contribution in [-0.4, -0.2) is 47.0 Å². The number of aromatic nitrogens is 1. The summed E-state index contributed by atoms with van der Waals surface area (Å²) in [5.41, 5.74) is 0.471. The van der Waals surface area contributed by atoms with Crippen molar-refractivity contribution >= 4 is 17.2 Å². The van der Waals surface area contributed by atoms with Gasteiger partial charge in [0.1, 0.15) is 5.76 Å². The van der Waals surface area contributed by atoms with Gasteiger partial charge >= 0.3 is 0 Å². The maximum atomic E-state index is 12.6. The molecule has 122 valence electrons. The van der Waals surface area contributed by atoms with E-state index in [0.29, 0.717) is 11.6 Å². The van der Waals surface area contributed by atoms with Gasteiger partial charge in [-0.05, 0) is 30.7 Å². The number of hydrogen-bond acceptors (Lipinski definition) is 5. The third-order valence-corrected chi connectivity index (χ3v) is 5.42. The lowest BCUT2D eigenvalue weighted by Crippen LogP contribution is -2.35. The van der Waals surface area contributed by atoms with Crippen LogP contribution in [0.25, 0.3) is 0 Å². The first-order chi connectivity index (χ1) is 11.3. The lowest BCUT2D eigenvalue weighted by molar-refractivity contribution is 0.0750. The summed E-state index contributed by atoms with van der Waals surface area (Å²) >= 11 is 1.79. The Labute approximate surface area is 139 Å². The Morgan fingerprint density at radius 2 is 2.22 bits per heavy atom. The van der Waals surface area contributed by atoms with Gasteiger partial charge in [-0.25, -0.2) is 0 Å². The van der Waals surface area contributed by atoms with Gasteiger partial charge in [0, 0.05) is 49.6 Å². The zero-order chi connectivity index (χ0) is 15.6. The second kappa shape index (κ2) is 6.45. The van der Waals surface area contributed by atoms with Gasteiger partial charge in [-0.15, -0.1) is 11.3 Å². The first kappa shape index (κ1) is 14.9. The Hall–Kier alpha value is -1.66. The largest absolute Gasteiger partial charge is 0.360 e. The summed E-state index contributed by atoms with van der Waals surface area (Å²) < 4.78 is 5.32. The molecule has 1 saturated carbocycles. The molecule has 23 heavy (non-hydrogen) atoms. The third-order valence-electron chi connectivity index (χ3n) is 4.56. The number of thiophene rings is 1. The number of amides is 1. The summed E-state index contributed by atoms with van der Waals surface area (Å²) in [5, 5.41) is 6.10. The smallest absolute Gasteiger partial charge is 0.276 e. The van der Waals surface area contributed by atoms with Crippen molar-refractivity contribution in [3.8, 4) is 0 Å². The van der Waals surface area contributed by atoms with Crippen LogP contribution in [0.1, 0.15) is 46.3 Å². The summed E-state index contributed by atoms with van der Waals surface area (Å²) in [6.07, 6.45) is 3.32. The second-order valence-corrected chi connectivity index (χ2v) is 7.42. The van der Waals surface area contributed by atoms with E-state index >= 15 is 0 Å². The zero-order valence-corrected chi connectivity index (χ0v) is 13.9. The van der Waals surface area contributed by atoms with Crippen LogP contribution in [0.4, 0.5) is 0 Å². The number of rotatable bonds is 4. The van der Waals surface area contributed by atoms with Crippen molar-refractivity contribution in [2.45, 2.75) is 31.7 Å². The normalized spacial score (nSPS) is 19.7. The molecule has 1 saturated heterocycles. The average Bonchev–Trinajstić information content (AvgIpc) is 3.15. The Kier molecular flexibility index (Phi) is 4.18. The number of carbonyl (C=O) groups excluding carboxylic acids is 1. The summed E-state index contributed by atoms with van der Waals surface area (Å²) in [5.74, 6) is 1.38. The molecule has 0 N–H and O–H groups in total. The van der Waals surface area contributed by atoms with Crippen molar-refractivity contribution in [1.29, 1.82) is 0 Å². The molecule has 2 aromatic rings. The molecule has 6 heteroatoms. The minimum absolute atomic E-state index is 0.0126. The van der Waals surface area contributed by atoms with Gasteiger partial charge in [0.15, 0.2) is 5.69 Å². The van der Waals surface area contributed by atoms with E-state index in [0.717, 1.165) is 57.7 Å². The van der Waals surface area contributed by atoms with E-state index in [1.165, 1.54) is 4.88 Å². The van der Waals surface area contributed by atoms with E-state index in [2.05, 4.69) is 27.6 Å². The summed E-state index contributed by atoms with van der Waals surface area (Å²) in [6.45, 7) is 4.49. The Balaban J connectivity index is 1.36. The van der Waals surface area contributed by atoms with Crippen LogP contribution in [0.3, 0.4) is 0 Å². The Morgan fingerprint density at radius 1 is 1.30 bits per heavy atom. The van der Waals surface area contributed by atoms with Crippen molar-refractivity contribution in [3.63, 3.8) is 0 Å². The molecule has 2 aromatic heterocycles. The highest BCUT2D eigenvalue weighted by Gasteiger charge is 2.30. The van der Waals surface area contributed by atoms with Gasteiger partial charge in [0.05, 0.1) is 0 Å². The maximum absolute atomic E-state index is 12.6. The van der Waals surface area contributed by atoms with Crippen molar-refractivity contribution in [2.75, 3.05) is 26.2 Å². The van der Waals surface area contributed by atoms with Crippen LogP contribution < -0.4 is 0 Å². The van der Waals surface area contributed by atoms with Crippen LogP contribution in [0.2, 0.25) is 0 Å². The molecule has 3 heterocycles. The Bertz CT molecular complexity index is 663. The SMILES string of the molecule is O=C(c1cc(C2CC2)on1)N1CCCN(Cc2cccs2)CC1. The molecule has 4 rings (SSSR count). The van der Waals surface area contributed by atoms with Gasteiger partial charge in [0.25, 0.3) is 5.91 Å². The van der Waals surface area contributed by atoms with Crippen molar-refractivity contribution in [1.82, 2.24) is 15.0 Å². The first-order valence-corrected chi connectivity index (χ1v) is 9.18. The van der Waals surface area contributed by atoms with Gasteiger partial charge < -0.3 is 9.42 Å². The van der Waals surface area contributed by atoms with E-state index in [1.54, 1.807) is 11.3 Å². The molecule has 0 unspecified atom stereocenters. The van der Waals surface area contributed by atoms with Crippen LogP contribution in [-0.2, 0) is 6.54 Å². The Morgan fingerprint density at radius 3 is 3.00 bits per heavy atom. The van der Waals surface area contributed by atoms with Crippen LogP contribution in [0.15, 0.2) is 28.1 Å². The van der Waals surface area contributed by atoms with Crippen LogP contribution in [0, 0.1) is 0 Å². The number of hydrogen-bond donors (Lipinski definition) is 0. The highest BCUT2D eigenvalue weighted by molar-refractivity contribution is 7.09. The third kappa shape index (κ3) is 3.48. The minimum Gasteiger partial charge on any atom is -0.360 e. The lowest BCUT2D eigenvalue weighted by Gasteiger charge is -2.20. The van der Waals surface area contributed by atoms with Crippen molar-refractivity contribution in [2.24, 2.45) is 0 Å². The lowest BCUT2D eigenvalue weighted by atomic mass is 10.2. The molecule has 1 aliphatic heterocycles. The summed E-state index contributed by atoms with van der Waals surface area (Å²) in [4.78, 5) is 18.4. The predicted octanol–water partition coefficient (Wildman–Crippen LogP) is 2.96. The molecule has 1 amide bonds. The highest BCUT2D eigenvalue weighted by Crippen LogP contribution is 2.40. The molecule has 2 fully saturated rings. The molecule has 0 atom stereocenters. The molecular formula is C17H21N3O2S. The quantitative estimate of drug-likeness (QED) is 0.864. The average molecular weight is 331 g/mol. The molecule has 0 radical (unpaired) electrons. The monoisotopic (exact) mass is 331 g/mol. The van der Waals surface area contributed by atoms with E-state index in [-0.39, 0.29) is 5.91 Å². The van der Waals surface area contributed by atoms with Crippen LogP contribution >= 0.6 is 11.3 Å². The van der Waals surface area contributed by atoms with E-state index in [9.17, 15) is 4.79 Å². The van der Waals surface area contributed by atoms with Gasteiger partial charge in [-0.3, -0.25) is 9.69 Å². The van der Waals surface area contributed by atoms with Crippen LogP contribution in [0.5, 0.6) is 0 Å². The van der Waals surface area contributed by atoms with Gasteiger partial charge in [-0.1, -0.05) is 11.2 Å². The molecule has 0 aromatic carbocycles. The van der Waals surface area contributed by atoms with E-state index in [1.807, 2.05) is 11.0 Å². The highest BCUT2D eigenvalue weighted by atomic mass is 32.1. The van der Waals surface area contributed by atoms with Crippen molar-refractivity contribution < 1.29 is 9.32 Å². The molecule has 5 nitrogen and oxygen atoms in total. The number of nitrogens with zero attached hydrogens (tertiary/aromatic N) is 3. The van der Waals surface area contributed by atoms with E-state index < -0.39 is 0 Å². The molecule has 0 spiro atoms. The fraction of sp³-hybridized carbons (Fsp3) is 0.529. The standard InChI is InChI=1S/C17H21N3O2S/c21-17(15-11-16(22-18-15)13-4-5-13)20-7-2-6-19(8-9-20)12-14-3-1-10-23-14/h1,3,10-11,13H,2,4-9,12H2. The van der Waals surface area contributed by atoms with Gasteiger partial charge in [0.2, 0.25) is 0 Å². The molecule has 2 aliphatic rings. The fourth-order valence-electron chi connectivity index (χ4n) is 3.07. The molecular weight excluding hydrogens is 310 g/mol.